The molecule has 4 nitrogen and oxygen atoms in total. The second-order valence-corrected chi connectivity index (χ2v) is 22.0. The Morgan fingerprint density at radius 1 is 0.582 bits per heavy atom. The van der Waals surface area contributed by atoms with Crippen molar-refractivity contribution < 1.29 is 0 Å². The van der Waals surface area contributed by atoms with Crippen molar-refractivity contribution in [2.24, 2.45) is 4.99 Å². The number of hydrogen-bond acceptors (Lipinski definition) is 3. The zero-order chi connectivity index (χ0) is 47.9. The highest BCUT2D eigenvalue weighted by molar-refractivity contribution is 6.15. The number of rotatable bonds is 5. The number of anilines is 1. The maximum absolute atomic E-state index is 6.15. The first-order valence-corrected chi connectivity index (χ1v) is 24.5. The number of hydrogen-bond donors (Lipinski definition) is 0. The molecule has 0 N–H and O–H groups in total. The van der Waals surface area contributed by atoms with E-state index in [9.17, 15) is 0 Å². The van der Waals surface area contributed by atoms with Gasteiger partial charge in [-0.3, -0.25) is 9.98 Å². The van der Waals surface area contributed by atoms with E-state index in [1.807, 2.05) is 6.20 Å². The smallest absolute Gasteiger partial charge is 0.137 e. The monoisotopic (exact) mass is 881 g/mol. The summed E-state index contributed by atoms with van der Waals surface area (Å²) in [7, 11) is 0. The van der Waals surface area contributed by atoms with Gasteiger partial charge in [-0.25, -0.2) is 0 Å². The predicted octanol–water partition coefficient (Wildman–Crippen LogP) is 16.6. The molecule has 2 atom stereocenters. The molecule has 1 aliphatic heterocycles. The third kappa shape index (κ3) is 6.60. The van der Waals surface area contributed by atoms with E-state index in [0.717, 1.165) is 28.3 Å². The van der Waals surface area contributed by atoms with Crippen LogP contribution in [0.1, 0.15) is 143 Å². The Hall–Kier alpha value is -6.26. The lowest BCUT2D eigenvalue weighted by Crippen LogP contribution is -2.49. The van der Waals surface area contributed by atoms with Crippen LogP contribution in [-0.4, -0.2) is 15.4 Å². The molecule has 0 bridgehead atoms. The summed E-state index contributed by atoms with van der Waals surface area (Å²) in [4.78, 5) is 13.8. The highest BCUT2D eigenvalue weighted by Crippen LogP contribution is 2.60. The van der Waals surface area contributed by atoms with Gasteiger partial charge in [0.1, 0.15) is 11.9 Å². The van der Waals surface area contributed by atoms with Crippen LogP contribution in [0.15, 0.2) is 96.1 Å². The number of aryl methyl sites for hydroxylation is 5. The molecule has 340 valence electrons. The minimum absolute atomic E-state index is 0.0128. The van der Waals surface area contributed by atoms with Crippen molar-refractivity contribution in [1.82, 2.24) is 9.55 Å². The highest BCUT2D eigenvalue weighted by atomic mass is 15.3. The Labute approximate surface area is 399 Å². The first-order valence-electron chi connectivity index (χ1n) is 24.5. The van der Waals surface area contributed by atoms with Gasteiger partial charge in [0, 0.05) is 39.5 Å². The molecule has 10 rings (SSSR count). The number of benzene rings is 6. The fourth-order valence-corrected chi connectivity index (χ4v) is 11.7. The largest absolute Gasteiger partial charge is 0.313 e. The lowest BCUT2D eigenvalue weighted by molar-refractivity contribution is 0.420. The Kier molecular flexibility index (Phi) is 10.2. The third-order valence-corrected chi connectivity index (χ3v) is 16.4. The molecule has 67 heavy (non-hydrogen) atoms. The van der Waals surface area contributed by atoms with Crippen molar-refractivity contribution in [1.29, 1.82) is 0 Å². The number of aromatic nitrogens is 2. The Morgan fingerprint density at radius 2 is 1.24 bits per heavy atom. The molecular formula is C63H68N4. The van der Waals surface area contributed by atoms with E-state index in [2.05, 4.69) is 212 Å². The number of amidine groups is 1. The molecule has 2 aliphatic rings. The Balaban J connectivity index is 1.30. The number of pyridine rings is 1. The van der Waals surface area contributed by atoms with Gasteiger partial charge in [-0.1, -0.05) is 76.6 Å². The van der Waals surface area contributed by atoms with Crippen LogP contribution in [0.25, 0.3) is 49.9 Å². The molecule has 8 aromatic rings. The van der Waals surface area contributed by atoms with E-state index in [4.69, 9.17) is 9.98 Å². The minimum Gasteiger partial charge on any atom is -0.313 e. The molecule has 0 saturated carbocycles. The van der Waals surface area contributed by atoms with Gasteiger partial charge in [0.05, 0.1) is 22.3 Å². The van der Waals surface area contributed by atoms with Crippen LogP contribution in [-0.2, 0) is 11.0 Å². The summed E-state index contributed by atoms with van der Waals surface area (Å²) in [6.45, 7) is 39.2. The lowest BCUT2D eigenvalue weighted by atomic mass is 9.66. The number of aliphatic imine (C=N–C) groups is 1. The predicted molar refractivity (Wildman–Crippen MR) is 286 cm³/mol. The van der Waals surface area contributed by atoms with E-state index in [1.165, 1.54) is 122 Å². The number of fused-ring (bicyclic) bond motifs is 9. The molecule has 4 heteroatoms. The average molecular weight is 881 g/mol. The van der Waals surface area contributed by atoms with E-state index in [1.54, 1.807) is 0 Å². The molecule has 0 amide bonds. The summed E-state index contributed by atoms with van der Waals surface area (Å²) in [6, 6.07) is 32.8. The standard InChI is InChI=1S/C63H68N4/c1-33(2)46-28-47(30-49(29-46)66-55-21-18-34(3)24-51(55)50-20-19-45(31-56(50)66)54-32-48(22-23-64-54)62(14,15)16)61-65-60-52-26-37(6)39(8)43(12)57(52)58-44(13)40(9)38(7)27-53(58)63(60,17)67(61)59-41(10)35(4)25-36(5)42(59)11/h18-33,60H,1-17H3/t60-,63+/m1/s1. The Bertz CT molecular complexity index is 3430. The van der Waals surface area contributed by atoms with Crippen LogP contribution in [0.3, 0.4) is 0 Å². The quantitative estimate of drug-likeness (QED) is 0.173. The lowest BCUT2D eigenvalue weighted by Gasteiger charge is -2.47. The second-order valence-electron chi connectivity index (χ2n) is 22.0. The molecular weight excluding hydrogens is 813 g/mol. The van der Waals surface area contributed by atoms with Crippen LogP contribution in [0, 0.1) is 76.2 Å². The topological polar surface area (TPSA) is 33.4 Å². The van der Waals surface area contributed by atoms with Gasteiger partial charge >= 0.3 is 0 Å². The molecule has 0 spiro atoms. The van der Waals surface area contributed by atoms with Crippen molar-refractivity contribution in [3.8, 4) is 28.1 Å². The van der Waals surface area contributed by atoms with E-state index >= 15 is 0 Å². The summed E-state index contributed by atoms with van der Waals surface area (Å²) in [5.41, 5.74) is 30.1. The first-order chi connectivity index (χ1) is 31.6. The van der Waals surface area contributed by atoms with Crippen LogP contribution < -0.4 is 4.90 Å². The molecule has 1 aliphatic carbocycles. The van der Waals surface area contributed by atoms with Gasteiger partial charge in [0.2, 0.25) is 0 Å². The molecule has 6 aromatic carbocycles. The molecule has 3 heterocycles. The fourth-order valence-electron chi connectivity index (χ4n) is 11.7. The first kappa shape index (κ1) is 44.6. The summed E-state index contributed by atoms with van der Waals surface area (Å²) >= 11 is 0. The van der Waals surface area contributed by atoms with Crippen LogP contribution in [0.5, 0.6) is 0 Å². The fraction of sp³-hybridized carbons (Fsp3) is 0.333. The Morgan fingerprint density at radius 3 is 1.91 bits per heavy atom. The minimum atomic E-state index is -0.535. The van der Waals surface area contributed by atoms with E-state index in [-0.39, 0.29) is 17.4 Å². The van der Waals surface area contributed by atoms with Gasteiger partial charge in [-0.2, -0.15) is 0 Å². The van der Waals surface area contributed by atoms with Gasteiger partial charge in [-0.15, -0.1) is 0 Å². The van der Waals surface area contributed by atoms with Crippen molar-refractivity contribution in [3.63, 3.8) is 0 Å². The SMILES string of the molecule is Cc1ccc2c(c1)c1ccc(-c3cc(C(C)(C)C)ccn3)cc1n2-c1cc(C2=N[C@@H]3c4cc(C)c(C)c(C)c4-c4c(cc(C)c(C)c4C)[C@]3(C)N2c2c(C)c(C)cc(C)c2C)cc(C(C)C)c1. The van der Waals surface area contributed by atoms with Gasteiger partial charge in [0.25, 0.3) is 0 Å². The summed E-state index contributed by atoms with van der Waals surface area (Å²) in [6.07, 6.45) is 1.97. The zero-order valence-electron chi connectivity index (χ0n) is 43.1. The van der Waals surface area contributed by atoms with Crippen molar-refractivity contribution >= 4 is 33.3 Å². The molecule has 0 unspecified atom stereocenters. The van der Waals surface area contributed by atoms with Crippen molar-refractivity contribution in [2.75, 3.05) is 4.90 Å². The van der Waals surface area contributed by atoms with Crippen molar-refractivity contribution in [3.05, 3.63) is 180 Å². The highest BCUT2D eigenvalue weighted by Gasteiger charge is 2.55. The summed E-state index contributed by atoms with van der Waals surface area (Å²) in [5.74, 6) is 1.30. The number of nitrogens with zero attached hydrogens (tertiary/aromatic N) is 4. The van der Waals surface area contributed by atoms with Crippen LogP contribution in [0.4, 0.5) is 5.69 Å². The zero-order valence-corrected chi connectivity index (χ0v) is 43.1. The van der Waals surface area contributed by atoms with Gasteiger partial charge < -0.3 is 9.47 Å². The molecule has 0 radical (unpaired) electrons. The molecule has 0 saturated heterocycles. The normalized spacial score (nSPS) is 16.8. The van der Waals surface area contributed by atoms with Gasteiger partial charge in [-0.05, 0) is 232 Å². The van der Waals surface area contributed by atoms with E-state index in [0.29, 0.717) is 0 Å². The van der Waals surface area contributed by atoms with E-state index < -0.39 is 5.54 Å². The second kappa shape index (κ2) is 15.4. The molecule has 2 aromatic heterocycles. The summed E-state index contributed by atoms with van der Waals surface area (Å²) in [5, 5.41) is 2.49. The third-order valence-electron chi connectivity index (χ3n) is 16.4. The van der Waals surface area contributed by atoms with Crippen molar-refractivity contribution in [2.45, 2.75) is 141 Å². The molecule has 0 fully saturated rings. The maximum Gasteiger partial charge on any atom is 0.137 e. The average Bonchev–Trinajstić information content (AvgIpc) is 3.78. The maximum atomic E-state index is 6.15. The van der Waals surface area contributed by atoms with Crippen LogP contribution >= 0.6 is 0 Å². The van der Waals surface area contributed by atoms with Gasteiger partial charge in [0.15, 0.2) is 0 Å². The van der Waals surface area contributed by atoms with Crippen LogP contribution in [0.2, 0.25) is 0 Å². The summed E-state index contributed by atoms with van der Waals surface area (Å²) < 4.78 is 2.51.